The minimum absolute atomic E-state index is 0.00259. The summed E-state index contributed by atoms with van der Waals surface area (Å²) >= 11 is 0. The zero-order chi connectivity index (χ0) is 16.4. The van der Waals surface area contributed by atoms with Gasteiger partial charge >= 0.3 is 0 Å². The van der Waals surface area contributed by atoms with Crippen LogP contribution in [0, 0.1) is 0 Å². The van der Waals surface area contributed by atoms with Crippen molar-refractivity contribution in [2.24, 2.45) is 0 Å². The molecular formula is C19H20N2O2. The summed E-state index contributed by atoms with van der Waals surface area (Å²) in [6.45, 7) is 4.62. The van der Waals surface area contributed by atoms with Crippen molar-refractivity contribution in [2.45, 2.75) is 26.7 Å². The van der Waals surface area contributed by atoms with E-state index >= 15 is 0 Å². The maximum absolute atomic E-state index is 12.4. The summed E-state index contributed by atoms with van der Waals surface area (Å²) in [5.74, 6) is 0.105. The van der Waals surface area contributed by atoms with Crippen molar-refractivity contribution >= 4 is 17.5 Å². The Morgan fingerprint density at radius 3 is 2.65 bits per heavy atom. The van der Waals surface area contributed by atoms with Gasteiger partial charge in [-0.2, -0.15) is 0 Å². The largest absolute Gasteiger partial charge is 0.319 e. The van der Waals surface area contributed by atoms with Crippen LogP contribution in [-0.4, -0.2) is 28.2 Å². The van der Waals surface area contributed by atoms with Gasteiger partial charge in [-0.15, -0.1) is 0 Å². The van der Waals surface area contributed by atoms with Gasteiger partial charge in [0.2, 0.25) is 5.91 Å². The number of hydrogen-bond acceptors (Lipinski definition) is 2. The van der Waals surface area contributed by atoms with Crippen molar-refractivity contribution < 1.29 is 9.59 Å². The molecule has 2 amide bonds. The molecule has 0 unspecified atom stereocenters. The second-order valence-electron chi connectivity index (χ2n) is 5.64. The van der Waals surface area contributed by atoms with E-state index in [1.54, 1.807) is 16.0 Å². The van der Waals surface area contributed by atoms with Gasteiger partial charge in [0.1, 0.15) is 0 Å². The van der Waals surface area contributed by atoms with Crippen LogP contribution in [0.3, 0.4) is 0 Å². The Balaban J connectivity index is 1.96. The number of nitrogens with zero attached hydrogens (tertiary/aromatic N) is 2. The molecule has 1 aromatic carbocycles. The highest BCUT2D eigenvalue weighted by atomic mass is 16.2. The molecular weight excluding hydrogens is 288 g/mol. The minimum Gasteiger partial charge on any atom is -0.319 e. The van der Waals surface area contributed by atoms with Crippen LogP contribution in [0.1, 0.15) is 42.6 Å². The highest BCUT2D eigenvalue weighted by molar-refractivity contribution is 6.10. The van der Waals surface area contributed by atoms with Crippen molar-refractivity contribution in [3.05, 3.63) is 65.5 Å². The first-order valence-corrected chi connectivity index (χ1v) is 7.99. The smallest absolute Gasteiger partial charge is 0.263 e. The monoisotopic (exact) mass is 308 g/mol. The Labute approximate surface area is 136 Å². The summed E-state index contributed by atoms with van der Waals surface area (Å²) in [6.07, 6.45) is 8.89. The third kappa shape index (κ3) is 2.72. The lowest BCUT2D eigenvalue weighted by atomic mass is 10.1. The third-order valence-corrected chi connectivity index (χ3v) is 4.02. The summed E-state index contributed by atoms with van der Waals surface area (Å²) in [6, 6.07) is 7.61. The maximum atomic E-state index is 12.4. The molecule has 1 aromatic rings. The van der Waals surface area contributed by atoms with E-state index in [4.69, 9.17) is 0 Å². The van der Waals surface area contributed by atoms with E-state index in [1.165, 1.54) is 0 Å². The molecule has 4 nitrogen and oxygen atoms in total. The zero-order valence-corrected chi connectivity index (χ0v) is 13.5. The molecule has 0 radical (unpaired) electrons. The van der Waals surface area contributed by atoms with Crippen LogP contribution < -0.4 is 0 Å². The summed E-state index contributed by atoms with van der Waals surface area (Å²) in [7, 11) is 0. The van der Waals surface area contributed by atoms with Gasteiger partial charge in [-0.3, -0.25) is 14.5 Å². The Hall–Kier alpha value is -2.62. The van der Waals surface area contributed by atoms with Crippen molar-refractivity contribution in [2.75, 3.05) is 6.54 Å². The highest BCUT2D eigenvalue weighted by Gasteiger charge is 2.31. The zero-order valence-electron chi connectivity index (χ0n) is 13.5. The lowest BCUT2D eigenvalue weighted by Gasteiger charge is -2.21. The summed E-state index contributed by atoms with van der Waals surface area (Å²) < 4.78 is 0. The molecule has 23 heavy (non-hydrogen) atoms. The van der Waals surface area contributed by atoms with E-state index in [1.807, 2.05) is 49.5 Å². The van der Waals surface area contributed by atoms with Crippen LogP contribution >= 0.6 is 0 Å². The van der Waals surface area contributed by atoms with Crippen molar-refractivity contribution in [3.63, 3.8) is 0 Å². The molecule has 0 aliphatic carbocycles. The topological polar surface area (TPSA) is 40.6 Å². The van der Waals surface area contributed by atoms with Crippen molar-refractivity contribution in [1.29, 1.82) is 0 Å². The molecule has 4 heteroatoms. The van der Waals surface area contributed by atoms with Crippen LogP contribution in [0.25, 0.3) is 5.70 Å². The van der Waals surface area contributed by atoms with Crippen LogP contribution in [0.5, 0.6) is 0 Å². The average Bonchev–Trinajstić information content (AvgIpc) is 2.87. The minimum atomic E-state index is -0.00259. The number of allylic oxidation sites excluding steroid dienone is 3. The number of rotatable bonds is 4. The molecule has 0 atom stereocenters. The molecule has 2 heterocycles. The van der Waals surface area contributed by atoms with E-state index in [2.05, 4.69) is 6.92 Å². The number of carbonyl (C=O) groups is 2. The molecule has 0 bridgehead atoms. The number of benzene rings is 1. The Morgan fingerprint density at radius 1 is 1.22 bits per heavy atom. The van der Waals surface area contributed by atoms with E-state index < -0.39 is 0 Å². The molecule has 0 fully saturated rings. The van der Waals surface area contributed by atoms with Crippen LogP contribution in [0.15, 0.2) is 54.4 Å². The molecule has 2 aliphatic rings. The van der Waals surface area contributed by atoms with E-state index in [-0.39, 0.29) is 11.8 Å². The van der Waals surface area contributed by atoms with Crippen molar-refractivity contribution in [1.82, 2.24) is 9.80 Å². The number of fused-ring (bicyclic) bond motifs is 3. The lowest BCUT2D eigenvalue weighted by Crippen LogP contribution is -2.26. The Kier molecular flexibility index (Phi) is 4.15. The molecule has 0 aromatic heterocycles. The van der Waals surface area contributed by atoms with Crippen LogP contribution in [0.4, 0.5) is 0 Å². The van der Waals surface area contributed by atoms with E-state index in [0.29, 0.717) is 13.0 Å². The fourth-order valence-electron chi connectivity index (χ4n) is 2.89. The summed E-state index contributed by atoms with van der Waals surface area (Å²) in [4.78, 5) is 27.8. The van der Waals surface area contributed by atoms with Crippen molar-refractivity contribution in [3.8, 4) is 0 Å². The Bertz CT molecular complexity index is 743. The first-order valence-electron chi connectivity index (χ1n) is 7.99. The first kappa shape index (κ1) is 15.3. The Morgan fingerprint density at radius 2 is 1.96 bits per heavy atom. The summed E-state index contributed by atoms with van der Waals surface area (Å²) in [5.41, 5.74) is 3.46. The van der Waals surface area contributed by atoms with Gasteiger partial charge in [-0.25, -0.2) is 0 Å². The SMILES string of the molecule is CCCN(C=C1C=CN2C(=O)c3ccccc3C2=C1)C(=O)CC. The quantitative estimate of drug-likeness (QED) is 0.853. The van der Waals surface area contributed by atoms with Gasteiger partial charge in [0.15, 0.2) is 0 Å². The standard InChI is InChI=1S/C19H20N2O2/c1-3-10-20(18(22)4-2)13-14-9-11-21-17(12-14)15-7-5-6-8-16(15)19(21)23/h5-9,11-13H,3-4,10H2,1-2H3. The molecule has 0 saturated carbocycles. The molecule has 2 aliphatic heterocycles. The molecule has 0 saturated heterocycles. The van der Waals surface area contributed by atoms with Gasteiger partial charge in [0, 0.05) is 36.5 Å². The van der Waals surface area contributed by atoms with Gasteiger partial charge in [0.25, 0.3) is 5.91 Å². The second kappa shape index (κ2) is 6.24. The molecule has 3 rings (SSSR count). The molecule has 0 N–H and O–H groups in total. The fourth-order valence-corrected chi connectivity index (χ4v) is 2.89. The maximum Gasteiger partial charge on any atom is 0.263 e. The predicted octanol–water partition coefficient (Wildman–Crippen LogP) is 3.54. The molecule has 0 spiro atoms. The van der Waals surface area contributed by atoms with E-state index in [9.17, 15) is 9.59 Å². The first-order chi connectivity index (χ1) is 11.2. The lowest BCUT2D eigenvalue weighted by molar-refractivity contribution is -0.128. The summed E-state index contributed by atoms with van der Waals surface area (Å²) in [5, 5.41) is 0. The number of amides is 2. The van der Waals surface area contributed by atoms with Gasteiger partial charge in [0.05, 0.1) is 5.70 Å². The highest BCUT2D eigenvalue weighted by Crippen LogP contribution is 2.36. The second-order valence-corrected chi connectivity index (χ2v) is 5.64. The number of hydrogen-bond donors (Lipinski definition) is 0. The van der Waals surface area contributed by atoms with Gasteiger partial charge in [-0.05, 0) is 30.2 Å². The fraction of sp³-hybridized carbons (Fsp3) is 0.263. The number of carbonyl (C=O) groups excluding carboxylic acids is 2. The molecule has 118 valence electrons. The average molecular weight is 308 g/mol. The predicted molar refractivity (Wildman–Crippen MR) is 90.1 cm³/mol. The van der Waals surface area contributed by atoms with Crippen LogP contribution in [-0.2, 0) is 4.79 Å². The van der Waals surface area contributed by atoms with Crippen LogP contribution in [0.2, 0.25) is 0 Å². The third-order valence-electron chi connectivity index (χ3n) is 4.02. The normalized spacial score (nSPS) is 17.1. The van der Waals surface area contributed by atoms with Gasteiger partial charge < -0.3 is 4.90 Å². The van der Waals surface area contributed by atoms with Gasteiger partial charge in [-0.1, -0.05) is 32.0 Å². The van der Waals surface area contributed by atoms with E-state index in [0.717, 1.165) is 28.8 Å².